The van der Waals surface area contributed by atoms with Gasteiger partial charge in [0.05, 0.1) is 12.9 Å². The van der Waals surface area contributed by atoms with Crippen LogP contribution in [0.1, 0.15) is 23.2 Å². The molecule has 2 rings (SSSR count). The molecule has 0 spiro atoms. The molecule has 6 nitrogen and oxygen atoms in total. The highest BCUT2D eigenvalue weighted by molar-refractivity contribution is 7.92. The van der Waals surface area contributed by atoms with Gasteiger partial charge >= 0.3 is 0 Å². The molecule has 2 aromatic rings. The topological polar surface area (TPSA) is 84.5 Å². The zero-order valence-electron chi connectivity index (χ0n) is 14.4. The number of hydrogen-bond acceptors (Lipinski definition) is 4. The summed E-state index contributed by atoms with van der Waals surface area (Å²) in [4.78, 5) is 12.0. The van der Waals surface area contributed by atoms with Crippen molar-refractivity contribution in [1.82, 2.24) is 5.32 Å². The van der Waals surface area contributed by atoms with Crippen LogP contribution in [0.3, 0.4) is 0 Å². The van der Waals surface area contributed by atoms with Gasteiger partial charge in [0.1, 0.15) is 11.6 Å². The van der Waals surface area contributed by atoms with Crippen molar-refractivity contribution in [3.05, 3.63) is 59.9 Å². The van der Waals surface area contributed by atoms with Crippen LogP contribution in [-0.2, 0) is 10.0 Å². The second-order valence-corrected chi connectivity index (χ2v) is 7.47. The summed E-state index contributed by atoms with van der Waals surface area (Å²) < 4.78 is 42.8. The van der Waals surface area contributed by atoms with Gasteiger partial charge in [-0.2, -0.15) is 0 Å². The van der Waals surface area contributed by atoms with Crippen LogP contribution in [0.15, 0.2) is 48.5 Å². The van der Waals surface area contributed by atoms with Crippen LogP contribution < -0.4 is 14.8 Å². The molecule has 140 valence electrons. The molecule has 26 heavy (non-hydrogen) atoms. The maximum Gasteiger partial charge on any atom is 0.251 e. The van der Waals surface area contributed by atoms with Crippen LogP contribution in [0.2, 0.25) is 0 Å². The van der Waals surface area contributed by atoms with Gasteiger partial charge in [0.25, 0.3) is 5.91 Å². The first-order valence-corrected chi connectivity index (χ1v) is 9.97. The van der Waals surface area contributed by atoms with E-state index in [0.29, 0.717) is 30.2 Å². The van der Waals surface area contributed by atoms with Crippen LogP contribution in [0.4, 0.5) is 10.1 Å². The minimum Gasteiger partial charge on any atom is -0.494 e. The van der Waals surface area contributed by atoms with Crippen molar-refractivity contribution in [2.24, 2.45) is 0 Å². The smallest absolute Gasteiger partial charge is 0.251 e. The lowest BCUT2D eigenvalue weighted by atomic mass is 10.2. The van der Waals surface area contributed by atoms with E-state index in [1.165, 1.54) is 24.3 Å². The quantitative estimate of drug-likeness (QED) is 0.655. The number of ether oxygens (including phenoxy) is 1. The summed E-state index contributed by atoms with van der Waals surface area (Å²) in [6.07, 6.45) is 2.54. The standard InChI is InChI=1S/C18H21FN2O4S/c1-26(23,24)21-16-8-4-14(5-9-16)18(22)20-12-2-3-13-25-17-10-6-15(19)7-11-17/h4-11,21H,2-3,12-13H2,1H3,(H,20,22). The van der Waals surface area contributed by atoms with Crippen LogP contribution in [0, 0.1) is 5.82 Å². The van der Waals surface area contributed by atoms with Crippen LogP contribution >= 0.6 is 0 Å². The molecule has 0 aliphatic heterocycles. The number of rotatable bonds is 9. The number of halogens is 1. The number of benzene rings is 2. The first kappa shape index (κ1) is 19.7. The maximum atomic E-state index is 12.8. The highest BCUT2D eigenvalue weighted by Crippen LogP contribution is 2.12. The van der Waals surface area contributed by atoms with E-state index >= 15 is 0 Å². The zero-order valence-corrected chi connectivity index (χ0v) is 15.2. The molecule has 0 saturated heterocycles. The van der Waals surface area contributed by atoms with Crippen LogP contribution in [0.25, 0.3) is 0 Å². The number of sulfonamides is 1. The predicted octanol–water partition coefficient (Wildman–Crippen LogP) is 2.79. The van der Waals surface area contributed by atoms with Crippen molar-refractivity contribution in [1.29, 1.82) is 0 Å². The van der Waals surface area contributed by atoms with Crippen molar-refractivity contribution in [2.75, 3.05) is 24.1 Å². The van der Waals surface area contributed by atoms with Gasteiger partial charge < -0.3 is 10.1 Å². The average Bonchev–Trinajstić information content (AvgIpc) is 2.58. The number of carbonyl (C=O) groups excluding carboxylic acids is 1. The minimum atomic E-state index is -3.34. The Morgan fingerprint density at radius 1 is 1.04 bits per heavy atom. The van der Waals surface area contributed by atoms with E-state index < -0.39 is 10.0 Å². The molecule has 0 atom stereocenters. The summed E-state index contributed by atoms with van der Waals surface area (Å²) in [6.45, 7) is 0.975. The van der Waals surface area contributed by atoms with Gasteiger partial charge in [-0.05, 0) is 61.4 Å². The van der Waals surface area contributed by atoms with Crippen molar-refractivity contribution in [2.45, 2.75) is 12.8 Å². The molecule has 2 N–H and O–H groups in total. The van der Waals surface area contributed by atoms with Gasteiger partial charge in [-0.25, -0.2) is 12.8 Å². The van der Waals surface area contributed by atoms with Crippen molar-refractivity contribution < 1.29 is 22.3 Å². The summed E-state index contributed by atoms with van der Waals surface area (Å²) in [5, 5.41) is 2.79. The molecule has 0 unspecified atom stereocenters. The van der Waals surface area contributed by atoms with Crippen molar-refractivity contribution in [3.63, 3.8) is 0 Å². The highest BCUT2D eigenvalue weighted by atomic mass is 32.2. The largest absolute Gasteiger partial charge is 0.494 e. The fourth-order valence-corrected chi connectivity index (χ4v) is 2.72. The van der Waals surface area contributed by atoms with Gasteiger partial charge in [0.2, 0.25) is 10.0 Å². The average molecular weight is 380 g/mol. The second-order valence-electron chi connectivity index (χ2n) is 5.72. The van der Waals surface area contributed by atoms with Crippen molar-refractivity contribution in [3.8, 4) is 5.75 Å². The molecule has 2 aromatic carbocycles. The lowest BCUT2D eigenvalue weighted by Crippen LogP contribution is -2.24. The highest BCUT2D eigenvalue weighted by Gasteiger charge is 2.06. The summed E-state index contributed by atoms with van der Waals surface area (Å²) >= 11 is 0. The lowest BCUT2D eigenvalue weighted by Gasteiger charge is -2.08. The van der Waals surface area contributed by atoms with Gasteiger partial charge in [-0.1, -0.05) is 0 Å². The fraction of sp³-hybridized carbons (Fsp3) is 0.278. The second kappa shape index (κ2) is 9.19. The van der Waals surface area contributed by atoms with Gasteiger partial charge in [0, 0.05) is 17.8 Å². The molecule has 0 fully saturated rings. The summed E-state index contributed by atoms with van der Waals surface area (Å²) in [6, 6.07) is 12.0. The third kappa shape index (κ3) is 7.10. The van der Waals surface area contributed by atoms with E-state index in [4.69, 9.17) is 4.74 Å². The van der Waals surface area contributed by atoms with Gasteiger partial charge in [-0.15, -0.1) is 0 Å². The minimum absolute atomic E-state index is 0.227. The first-order chi connectivity index (χ1) is 12.3. The van der Waals surface area contributed by atoms with Crippen molar-refractivity contribution >= 4 is 21.6 Å². The molecule has 8 heteroatoms. The molecule has 0 bridgehead atoms. The third-order valence-corrected chi connectivity index (χ3v) is 4.00. The molecule has 0 aliphatic carbocycles. The Kier molecular flexibility index (Phi) is 6.97. The third-order valence-electron chi connectivity index (χ3n) is 3.39. The summed E-state index contributed by atoms with van der Waals surface area (Å²) in [7, 11) is -3.34. The number of nitrogens with one attached hydrogen (secondary N) is 2. The SMILES string of the molecule is CS(=O)(=O)Nc1ccc(C(=O)NCCCCOc2ccc(F)cc2)cc1. The Labute approximate surface area is 152 Å². The summed E-state index contributed by atoms with van der Waals surface area (Å²) in [5.41, 5.74) is 0.855. The first-order valence-electron chi connectivity index (χ1n) is 8.08. The summed E-state index contributed by atoms with van der Waals surface area (Å²) in [5.74, 6) is 0.0776. The van der Waals surface area contributed by atoms with Gasteiger partial charge in [-0.3, -0.25) is 9.52 Å². The Bertz CT molecular complexity index is 821. The Hall–Kier alpha value is -2.61. The zero-order chi connectivity index (χ0) is 19.0. The maximum absolute atomic E-state index is 12.8. The van der Waals surface area contributed by atoms with Gasteiger partial charge in [0.15, 0.2) is 0 Å². The van der Waals surface area contributed by atoms with E-state index in [-0.39, 0.29) is 11.7 Å². The van der Waals surface area contributed by atoms with Crippen LogP contribution in [-0.4, -0.2) is 33.7 Å². The molecule has 0 radical (unpaired) electrons. The predicted molar refractivity (Wildman–Crippen MR) is 98.4 cm³/mol. The molecule has 0 heterocycles. The Morgan fingerprint density at radius 3 is 2.31 bits per heavy atom. The molecular weight excluding hydrogens is 359 g/mol. The lowest BCUT2D eigenvalue weighted by molar-refractivity contribution is 0.0952. The monoisotopic (exact) mass is 380 g/mol. The van der Waals surface area contributed by atoms with E-state index in [0.717, 1.165) is 19.1 Å². The number of carbonyl (C=O) groups is 1. The van der Waals surface area contributed by atoms with E-state index in [1.807, 2.05) is 0 Å². The number of hydrogen-bond donors (Lipinski definition) is 2. The molecule has 0 saturated carbocycles. The Morgan fingerprint density at radius 2 is 1.69 bits per heavy atom. The Balaban J connectivity index is 1.66. The number of anilines is 1. The molecular formula is C18H21FN2O4S. The molecule has 1 amide bonds. The number of unbranched alkanes of at least 4 members (excludes halogenated alkanes) is 1. The van der Waals surface area contributed by atoms with E-state index in [2.05, 4.69) is 10.0 Å². The normalized spacial score (nSPS) is 11.0. The number of amides is 1. The van der Waals surface area contributed by atoms with E-state index in [9.17, 15) is 17.6 Å². The molecule has 0 aliphatic rings. The molecule has 0 aromatic heterocycles. The fourth-order valence-electron chi connectivity index (χ4n) is 2.16. The van der Waals surface area contributed by atoms with E-state index in [1.54, 1.807) is 24.3 Å². The van der Waals surface area contributed by atoms with Crippen LogP contribution in [0.5, 0.6) is 5.75 Å².